The zero-order chi connectivity index (χ0) is 17.8. The van der Waals surface area contributed by atoms with E-state index in [1.807, 2.05) is 0 Å². The first-order chi connectivity index (χ1) is 10.8. The maximum absolute atomic E-state index is 10.7. The Morgan fingerprint density at radius 3 is 1.57 bits per heavy atom. The van der Waals surface area contributed by atoms with E-state index in [0.717, 1.165) is 0 Å². The van der Waals surface area contributed by atoms with Crippen molar-refractivity contribution in [1.82, 2.24) is 0 Å². The van der Waals surface area contributed by atoms with Crippen LogP contribution in [-0.2, 0) is 42.9 Å². The molecule has 0 aromatic rings. The van der Waals surface area contributed by atoms with Crippen LogP contribution in [0.25, 0.3) is 0 Å². The fourth-order valence-corrected chi connectivity index (χ4v) is 1.09. The van der Waals surface area contributed by atoms with Crippen molar-refractivity contribution in [3.8, 4) is 0 Å². The summed E-state index contributed by atoms with van der Waals surface area (Å²) in [5.74, 6) is -1.92. The smallest absolute Gasteiger partial charge is 0.347 e. The molecule has 2 unspecified atom stereocenters. The number of cyclic esters (lactones) is 4. The van der Waals surface area contributed by atoms with Gasteiger partial charge in [-0.3, -0.25) is 0 Å². The third-order valence-electron chi connectivity index (χ3n) is 2.25. The molecule has 2 atom stereocenters. The summed E-state index contributed by atoms with van der Waals surface area (Å²) in [6, 6.07) is 0. The number of methoxy groups -OCH3 is 1. The van der Waals surface area contributed by atoms with Gasteiger partial charge in [0, 0.05) is 7.11 Å². The van der Waals surface area contributed by atoms with Gasteiger partial charge in [0.05, 0.1) is 13.2 Å². The first kappa shape index (κ1) is 20.8. The van der Waals surface area contributed by atoms with Crippen molar-refractivity contribution in [1.29, 1.82) is 0 Å². The van der Waals surface area contributed by atoms with Crippen LogP contribution >= 0.6 is 0 Å². The normalized spacial score (nSPS) is 23.0. The Morgan fingerprint density at radius 2 is 1.35 bits per heavy atom. The molecule has 0 spiro atoms. The number of ether oxygens (including phenoxy) is 5. The number of esters is 4. The average Bonchev–Trinajstić information content (AvgIpc) is 2.50. The van der Waals surface area contributed by atoms with Gasteiger partial charge in [-0.05, 0) is 13.8 Å². The van der Waals surface area contributed by atoms with Gasteiger partial charge in [0.1, 0.15) is 0 Å². The van der Waals surface area contributed by atoms with Crippen LogP contribution in [0.5, 0.6) is 0 Å². The summed E-state index contributed by atoms with van der Waals surface area (Å²) in [4.78, 5) is 41.5. The molecule has 0 saturated carbocycles. The fourth-order valence-electron chi connectivity index (χ4n) is 1.09. The molecule has 0 amide bonds. The van der Waals surface area contributed by atoms with Crippen LogP contribution in [0.3, 0.4) is 0 Å². The zero-order valence-electron chi connectivity index (χ0n) is 13.1. The van der Waals surface area contributed by atoms with Crippen molar-refractivity contribution in [2.24, 2.45) is 0 Å². The molecule has 2 aliphatic rings. The molecule has 1 N–H and O–H groups in total. The van der Waals surface area contributed by atoms with Gasteiger partial charge >= 0.3 is 23.9 Å². The highest BCUT2D eigenvalue weighted by Gasteiger charge is 2.32. The lowest BCUT2D eigenvalue weighted by Crippen LogP contribution is -2.40. The molecule has 0 bridgehead atoms. The second kappa shape index (κ2) is 11.4. The highest BCUT2D eigenvalue weighted by Crippen LogP contribution is 2.08. The lowest BCUT2D eigenvalue weighted by Gasteiger charge is -2.22. The molecule has 0 aromatic carbocycles. The molecule has 23 heavy (non-hydrogen) atoms. The van der Waals surface area contributed by atoms with Crippen LogP contribution in [-0.4, -0.2) is 74.7 Å². The SMILES string of the molecule is CC1OC(=O)C(C)OC1=O.COCCO.O=C1COC(=O)CO1. The van der Waals surface area contributed by atoms with E-state index in [-0.39, 0.29) is 19.8 Å². The summed E-state index contributed by atoms with van der Waals surface area (Å²) < 4.78 is 22.2. The van der Waals surface area contributed by atoms with Crippen molar-refractivity contribution >= 4 is 23.9 Å². The maximum Gasteiger partial charge on any atom is 0.347 e. The van der Waals surface area contributed by atoms with E-state index in [1.54, 1.807) is 7.11 Å². The number of carbonyl (C=O) groups is 4. The standard InChI is InChI=1S/C6H8O4.C4H4O4.C3H8O2/c1-3-5(7)10-4(2)6(8)9-3;5-3-1-7-4(6)2-8-3;1-5-3-2-4/h3-4H,1-2H3;1-2H2;4H,2-3H2,1H3. The second-order valence-corrected chi connectivity index (χ2v) is 4.20. The first-order valence-corrected chi connectivity index (χ1v) is 6.63. The van der Waals surface area contributed by atoms with Gasteiger partial charge < -0.3 is 28.8 Å². The van der Waals surface area contributed by atoms with E-state index in [1.165, 1.54) is 13.8 Å². The van der Waals surface area contributed by atoms with Gasteiger partial charge in [-0.1, -0.05) is 0 Å². The van der Waals surface area contributed by atoms with Crippen LogP contribution < -0.4 is 0 Å². The number of hydrogen-bond donors (Lipinski definition) is 1. The molecule has 0 aromatic heterocycles. The molecule has 132 valence electrons. The zero-order valence-corrected chi connectivity index (χ0v) is 13.1. The molecular formula is C13H20O10. The lowest BCUT2D eigenvalue weighted by molar-refractivity contribution is -0.191. The summed E-state index contributed by atoms with van der Waals surface area (Å²) in [5.41, 5.74) is 0. The topological polar surface area (TPSA) is 135 Å². The number of rotatable bonds is 2. The third-order valence-corrected chi connectivity index (χ3v) is 2.25. The largest absolute Gasteiger partial charge is 0.451 e. The van der Waals surface area contributed by atoms with E-state index < -0.39 is 36.1 Å². The molecule has 2 heterocycles. The Morgan fingerprint density at radius 1 is 0.957 bits per heavy atom. The van der Waals surface area contributed by atoms with Gasteiger partial charge in [0.15, 0.2) is 25.4 Å². The Bertz CT molecular complexity index is 369. The molecule has 0 radical (unpaired) electrons. The van der Waals surface area contributed by atoms with E-state index in [2.05, 4.69) is 23.7 Å². The van der Waals surface area contributed by atoms with E-state index in [0.29, 0.717) is 6.61 Å². The van der Waals surface area contributed by atoms with Crippen molar-refractivity contribution in [3.05, 3.63) is 0 Å². The van der Waals surface area contributed by atoms with Gasteiger partial charge in [0.25, 0.3) is 0 Å². The molecule has 2 rings (SSSR count). The Hall–Kier alpha value is -2.20. The maximum atomic E-state index is 10.7. The molecule has 2 aliphatic heterocycles. The monoisotopic (exact) mass is 336 g/mol. The second-order valence-electron chi connectivity index (χ2n) is 4.20. The van der Waals surface area contributed by atoms with E-state index >= 15 is 0 Å². The molecule has 10 heteroatoms. The van der Waals surface area contributed by atoms with Gasteiger partial charge in [-0.15, -0.1) is 0 Å². The fraction of sp³-hybridized carbons (Fsp3) is 0.692. The summed E-state index contributed by atoms with van der Waals surface area (Å²) >= 11 is 0. The van der Waals surface area contributed by atoms with Crippen molar-refractivity contribution in [2.45, 2.75) is 26.1 Å². The van der Waals surface area contributed by atoms with E-state index in [9.17, 15) is 19.2 Å². The summed E-state index contributed by atoms with van der Waals surface area (Å²) in [6.45, 7) is 3.05. The van der Waals surface area contributed by atoms with Crippen molar-refractivity contribution < 1.29 is 48.0 Å². The number of carbonyl (C=O) groups excluding carboxylic acids is 4. The number of hydrogen-bond acceptors (Lipinski definition) is 10. The van der Waals surface area contributed by atoms with Gasteiger partial charge in [0.2, 0.25) is 0 Å². The van der Waals surface area contributed by atoms with Crippen LogP contribution in [0, 0.1) is 0 Å². The molecule has 0 aliphatic carbocycles. The Balaban J connectivity index is 0.000000335. The number of aliphatic hydroxyl groups is 1. The number of aliphatic hydroxyl groups excluding tert-OH is 1. The minimum Gasteiger partial charge on any atom is -0.451 e. The summed E-state index contributed by atoms with van der Waals surface area (Å²) in [7, 11) is 1.55. The van der Waals surface area contributed by atoms with Crippen LogP contribution in [0.4, 0.5) is 0 Å². The lowest BCUT2D eigenvalue weighted by atomic mass is 10.3. The highest BCUT2D eigenvalue weighted by atomic mass is 16.6. The van der Waals surface area contributed by atoms with E-state index in [4.69, 9.17) is 5.11 Å². The van der Waals surface area contributed by atoms with Gasteiger partial charge in [-0.25, -0.2) is 19.2 Å². The van der Waals surface area contributed by atoms with Crippen molar-refractivity contribution in [2.75, 3.05) is 33.5 Å². The first-order valence-electron chi connectivity index (χ1n) is 6.63. The average molecular weight is 336 g/mol. The third kappa shape index (κ3) is 9.42. The summed E-state index contributed by atoms with van der Waals surface area (Å²) in [6.07, 6.45) is -1.49. The van der Waals surface area contributed by atoms with Gasteiger partial charge in [-0.2, -0.15) is 0 Å². The Labute approximate surface area is 132 Å². The predicted octanol–water partition coefficient (Wildman–Crippen LogP) is -1.43. The van der Waals surface area contributed by atoms with Crippen molar-refractivity contribution in [3.63, 3.8) is 0 Å². The minimum absolute atomic E-state index is 0.122. The molecular weight excluding hydrogens is 316 g/mol. The quantitative estimate of drug-likeness (QED) is 0.472. The van der Waals surface area contributed by atoms with Crippen LogP contribution in [0.1, 0.15) is 13.8 Å². The molecule has 2 saturated heterocycles. The van der Waals surface area contributed by atoms with Crippen LogP contribution in [0.2, 0.25) is 0 Å². The molecule has 2 fully saturated rings. The summed E-state index contributed by atoms with van der Waals surface area (Å²) in [5, 5.41) is 7.94. The predicted molar refractivity (Wildman–Crippen MR) is 72.0 cm³/mol. The van der Waals surface area contributed by atoms with Crippen LogP contribution in [0.15, 0.2) is 0 Å². The molecule has 10 nitrogen and oxygen atoms in total. The minimum atomic E-state index is -0.747. The highest BCUT2D eigenvalue weighted by molar-refractivity contribution is 5.86. The Kier molecular flexibility index (Phi) is 10.3.